The largest absolute Gasteiger partial charge is 0.449 e. The molecule has 0 aliphatic carbocycles. The molecule has 29 heavy (non-hydrogen) atoms. The van der Waals surface area contributed by atoms with Crippen molar-refractivity contribution in [3.05, 3.63) is 77.4 Å². The van der Waals surface area contributed by atoms with Crippen LogP contribution in [0.5, 0.6) is 0 Å². The number of amides is 1. The molecule has 1 aromatic heterocycles. The zero-order chi connectivity index (χ0) is 20.8. The normalized spacial score (nSPS) is 11.7. The predicted molar refractivity (Wildman–Crippen MR) is 107 cm³/mol. The molecule has 0 radical (unpaired) electrons. The summed E-state index contributed by atoms with van der Waals surface area (Å²) in [6.07, 6.45) is -1.10. The Balaban J connectivity index is 1.64. The highest BCUT2D eigenvalue weighted by Crippen LogP contribution is 2.27. The van der Waals surface area contributed by atoms with Gasteiger partial charge in [0.25, 0.3) is 5.91 Å². The summed E-state index contributed by atoms with van der Waals surface area (Å²) in [4.78, 5) is 25.5. The molecule has 0 saturated carbocycles. The number of nitrogens with one attached hydrogen (secondary N) is 1. The van der Waals surface area contributed by atoms with Crippen LogP contribution in [-0.4, -0.2) is 23.1 Å². The minimum absolute atomic E-state index is 0.0271. The molecule has 1 N–H and O–H groups in total. The van der Waals surface area contributed by atoms with Crippen molar-refractivity contribution in [2.24, 2.45) is 0 Å². The Morgan fingerprint density at radius 3 is 2.66 bits per heavy atom. The van der Waals surface area contributed by atoms with E-state index in [4.69, 9.17) is 9.26 Å². The van der Waals surface area contributed by atoms with E-state index in [1.54, 1.807) is 31.2 Å². The van der Waals surface area contributed by atoms with Crippen LogP contribution in [0, 0.1) is 12.7 Å². The summed E-state index contributed by atoms with van der Waals surface area (Å²) >= 11 is 1.41. The van der Waals surface area contributed by atoms with Gasteiger partial charge in [-0.2, -0.15) is 0 Å². The number of esters is 1. The second-order valence-corrected chi connectivity index (χ2v) is 7.25. The van der Waals surface area contributed by atoms with Crippen LogP contribution in [0.25, 0.3) is 0 Å². The topological polar surface area (TPSA) is 81.4 Å². The number of halogens is 1. The van der Waals surface area contributed by atoms with Crippen molar-refractivity contribution in [2.75, 3.05) is 5.32 Å². The van der Waals surface area contributed by atoms with Crippen LogP contribution in [0.3, 0.4) is 0 Å². The van der Waals surface area contributed by atoms with Crippen LogP contribution >= 0.6 is 11.8 Å². The van der Waals surface area contributed by atoms with E-state index in [9.17, 15) is 14.0 Å². The molecule has 3 aromatic rings. The van der Waals surface area contributed by atoms with Gasteiger partial charge in [0.05, 0.1) is 16.9 Å². The van der Waals surface area contributed by atoms with Gasteiger partial charge in [0.1, 0.15) is 11.6 Å². The lowest BCUT2D eigenvalue weighted by molar-refractivity contribution is -0.123. The van der Waals surface area contributed by atoms with Gasteiger partial charge in [-0.25, -0.2) is 9.18 Å². The number of hydrogen-bond donors (Lipinski definition) is 1. The van der Waals surface area contributed by atoms with Crippen LogP contribution in [0.4, 0.5) is 10.1 Å². The van der Waals surface area contributed by atoms with Crippen molar-refractivity contribution >= 4 is 29.3 Å². The van der Waals surface area contributed by atoms with Gasteiger partial charge in [-0.3, -0.25) is 4.79 Å². The molecule has 0 aliphatic rings. The maximum absolute atomic E-state index is 13.7. The summed E-state index contributed by atoms with van der Waals surface area (Å²) in [7, 11) is 0. The molecular weight excluding hydrogens is 395 g/mol. The van der Waals surface area contributed by atoms with E-state index < -0.39 is 23.8 Å². The highest BCUT2D eigenvalue weighted by molar-refractivity contribution is 7.98. The zero-order valence-electron chi connectivity index (χ0n) is 15.8. The SMILES string of the molecule is Cc1cc(CSc2ccccc2C(=O)O[C@H](C)C(=O)Nc2ccccc2F)no1. The van der Waals surface area contributed by atoms with Gasteiger partial charge in [0, 0.05) is 16.7 Å². The molecule has 3 rings (SSSR count). The fourth-order valence-electron chi connectivity index (χ4n) is 2.47. The Morgan fingerprint density at radius 1 is 1.21 bits per heavy atom. The highest BCUT2D eigenvalue weighted by atomic mass is 32.2. The van der Waals surface area contributed by atoms with Crippen molar-refractivity contribution < 1.29 is 23.2 Å². The molecule has 1 amide bonds. The molecule has 1 heterocycles. The quantitative estimate of drug-likeness (QED) is 0.450. The molecule has 8 heteroatoms. The van der Waals surface area contributed by atoms with Crippen molar-refractivity contribution in [3.8, 4) is 0 Å². The van der Waals surface area contributed by atoms with Crippen LogP contribution in [0.15, 0.2) is 64.0 Å². The van der Waals surface area contributed by atoms with E-state index >= 15 is 0 Å². The standard InChI is InChI=1S/C21H19FN2O4S/c1-13-11-15(24-28-13)12-29-19-10-6-3-7-16(19)21(26)27-14(2)20(25)23-18-9-5-4-8-17(18)22/h3-11,14H,12H2,1-2H3,(H,23,25)/t14-/m1/s1. The van der Waals surface area contributed by atoms with Gasteiger partial charge in [-0.05, 0) is 38.1 Å². The lowest BCUT2D eigenvalue weighted by atomic mass is 10.2. The molecule has 0 aliphatic heterocycles. The molecule has 0 saturated heterocycles. The first kappa shape index (κ1) is 20.6. The van der Waals surface area contributed by atoms with Gasteiger partial charge in [0.2, 0.25) is 0 Å². The second-order valence-electron chi connectivity index (χ2n) is 6.23. The fourth-order valence-corrected chi connectivity index (χ4v) is 3.39. The highest BCUT2D eigenvalue weighted by Gasteiger charge is 2.22. The first-order chi connectivity index (χ1) is 13.9. The lowest BCUT2D eigenvalue weighted by Crippen LogP contribution is -2.30. The van der Waals surface area contributed by atoms with E-state index in [0.29, 0.717) is 22.0 Å². The number of thioether (sulfide) groups is 1. The van der Waals surface area contributed by atoms with Crippen LogP contribution in [-0.2, 0) is 15.3 Å². The Morgan fingerprint density at radius 2 is 1.93 bits per heavy atom. The number of benzene rings is 2. The zero-order valence-corrected chi connectivity index (χ0v) is 16.7. The Kier molecular flexibility index (Phi) is 6.66. The average Bonchev–Trinajstić information content (AvgIpc) is 3.13. The summed E-state index contributed by atoms with van der Waals surface area (Å²) in [6, 6.07) is 14.5. The predicted octanol–water partition coefficient (Wildman–Crippen LogP) is 4.60. The number of hydrogen-bond acceptors (Lipinski definition) is 6. The smallest absolute Gasteiger partial charge is 0.340 e. The number of aryl methyl sites for hydroxylation is 1. The summed E-state index contributed by atoms with van der Waals surface area (Å²) < 4.78 is 24.0. The third kappa shape index (κ3) is 5.45. The maximum Gasteiger partial charge on any atom is 0.340 e. The number of carbonyl (C=O) groups excluding carboxylic acids is 2. The van der Waals surface area contributed by atoms with E-state index in [0.717, 1.165) is 5.69 Å². The molecule has 0 spiro atoms. The fraction of sp³-hybridized carbons (Fsp3) is 0.190. The van der Waals surface area contributed by atoms with Crippen molar-refractivity contribution in [1.82, 2.24) is 5.16 Å². The number of para-hydroxylation sites is 1. The van der Waals surface area contributed by atoms with Crippen LogP contribution < -0.4 is 5.32 Å². The van der Waals surface area contributed by atoms with Crippen molar-refractivity contribution in [1.29, 1.82) is 0 Å². The number of anilines is 1. The van der Waals surface area contributed by atoms with Crippen LogP contribution in [0.1, 0.15) is 28.7 Å². The second kappa shape index (κ2) is 9.38. The molecule has 0 unspecified atom stereocenters. The van der Waals surface area contributed by atoms with E-state index in [1.165, 1.54) is 36.9 Å². The van der Waals surface area contributed by atoms with Gasteiger partial charge >= 0.3 is 5.97 Å². The number of aromatic nitrogens is 1. The summed E-state index contributed by atoms with van der Waals surface area (Å²) in [5.41, 5.74) is 1.12. The molecule has 0 fully saturated rings. The molecule has 0 bridgehead atoms. The van der Waals surface area contributed by atoms with E-state index in [2.05, 4.69) is 10.5 Å². The first-order valence-electron chi connectivity index (χ1n) is 8.84. The summed E-state index contributed by atoms with van der Waals surface area (Å²) in [5, 5.41) is 6.34. The Hall–Kier alpha value is -3.13. The van der Waals surface area contributed by atoms with E-state index in [-0.39, 0.29) is 5.69 Å². The minimum atomic E-state index is -1.10. The number of carbonyl (C=O) groups is 2. The molecule has 2 aromatic carbocycles. The average molecular weight is 414 g/mol. The van der Waals surface area contributed by atoms with Gasteiger partial charge in [-0.15, -0.1) is 11.8 Å². The number of rotatable bonds is 7. The van der Waals surface area contributed by atoms with Crippen molar-refractivity contribution in [3.63, 3.8) is 0 Å². The van der Waals surface area contributed by atoms with Gasteiger partial charge in [-0.1, -0.05) is 29.4 Å². The lowest BCUT2D eigenvalue weighted by Gasteiger charge is -2.15. The molecule has 1 atom stereocenters. The minimum Gasteiger partial charge on any atom is -0.449 e. The van der Waals surface area contributed by atoms with E-state index in [1.807, 2.05) is 12.1 Å². The molecule has 6 nitrogen and oxygen atoms in total. The van der Waals surface area contributed by atoms with Gasteiger partial charge < -0.3 is 14.6 Å². The molecule has 150 valence electrons. The number of nitrogens with zero attached hydrogens (tertiary/aromatic N) is 1. The first-order valence-corrected chi connectivity index (χ1v) is 9.83. The Bertz CT molecular complexity index is 1020. The number of ether oxygens (including phenoxy) is 1. The van der Waals surface area contributed by atoms with Crippen molar-refractivity contribution in [2.45, 2.75) is 30.6 Å². The third-order valence-electron chi connectivity index (χ3n) is 3.94. The van der Waals surface area contributed by atoms with Crippen LogP contribution in [0.2, 0.25) is 0 Å². The maximum atomic E-state index is 13.7. The third-order valence-corrected chi connectivity index (χ3v) is 5.05. The molecular formula is C21H19FN2O4S. The summed E-state index contributed by atoms with van der Waals surface area (Å²) in [5.74, 6) is -0.593. The summed E-state index contributed by atoms with van der Waals surface area (Å²) in [6.45, 7) is 3.24. The Labute approximate surface area is 171 Å². The van der Waals surface area contributed by atoms with Gasteiger partial charge in [0.15, 0.2) is 6.10 Å². The monoisotopic (exact) mass is 414 g/mol.